The Labute approximate surface area is 149 Å². The van der Waals surface area contributed by atoms with E-state index in [4.69, 9.17) is 0 Å². The van der Waals surface area contributed by atoms with Crippen LogP contribution in [0, 0.1) is 6.92 Å². The molecular formula is C18H27BN2O4. The Balaban J connectivity index is 1.89. The highest BCUT2D eigenvalue weighted by atomic mass is 16.4. The number of hydrogen-bond donors (Lipinski definition) is 3. The molecule has 0 aliphatic carbocycles. The molecule has 136 valence electrons. The molecule has 1 unspecified atom stereocenters. The largest absolute Gasteiger partial charge is 0.475 e. The van der Waals surface area contributed by atoms with Crippen LogP contribution >= 0.6 is 0 Å². The zero-order chi connectivity index (χ0) is 18.6. The predicted octanol–water partition coefficient (Wildman–Crippen LogP) is 0.825. The van der Waals surface area contributed by atoms with E-state index in [-0.39, 0.29) is 23.8 Å². The minimum absolute atomic E-state index is 0.0659. The third-order valence-electron chi connectivity index (χ3n) is 4.83. The van der Waals surface area contributed by atoms with E-state index in [0.29, 0.717) is 19.4 Å². The van der Waals surface area contributed by atoms with Crippen LogP contribution in [0.25, 0.3) is 0 Å². The summed E-state index contributed by atoms with van der Waals surface area (Å²) in [6.45, 7) is 6.31. The minimum Gasteiger partial charge on any atom is -0.426 e. The van der Waals surface area contributed by atoms with Crippen molar-refractivity contribution < 1.29 is 19.6 Å². The number of nitrogens with one attached hydrogen (secondary N) is 1. The summed E-state index contributed by atoms with van der Waals surface area (Å²) in [6, 6.07) is 7.70. The van der Waals surface area contributed by atoms with Crippen LogP contribution < -0.4 is 5.32 Å². The molecule has 7 heteroatoms. The molecule has 1 heterocycles. The molecular weight excluding hydrogens is 319 g/mol. The van der Waals surface area contributed by atoms with Crippen molar-refractivity contribution in [2.24, 2.45) is 0 Å². The summed E-state index contributed by atoms with van der Waals surface area (Å²) in [7, 11) is -1.64. The normalized spacial score (nSPS) is 17.5. The zero-order valence-corrected chi connectivity index (χ0v) is 15.2. The Bertz CT molecular complexity index is 616. The number of amides is 2. The van der Waals surface area contributed by atoms with Gasteiger partial charge >= 0.3 is 7.12 Å². The van der Waals surface area contributed by atoms with Gasteiger partial charge in [0.05, 0.1) is 5.94 Å². The molecule has 1 aromatic rings. The number of carbonyl (C=O) groups excluding carboxylic acids is 2. The maximum absolute atomic E-state index is 12.2. The second-order valence-electron chi connectivity index (χ2n) is 7.39. The Morgan fingerprint density at radius 1 is 1.32 bits per heavy atom. The van der Waals surface area contributed by atoms with E-state index in [0.717, 1.165) is 17.5 Å². The Morgan fingerprint density at radius 3 is 2.48 bits per heavy atom. The number of hydrogen-bond acceptors (Lipinski definition) is 4. The maximum atomic E-state index is 12.2. The van der Waals surface area contributed by atoms with E-state index in [9.17, 15) is 19.6 Å². The lowest BCUT2D eigenvalue weighted by Gasteiger charge is -2.31. The Kier molecular flexibility index (Phi) is 6.24. The fraction of sp³-hybridized carbons (Fsp3) is 0.556. The van der Waals surface area contributed by atoms with Gasteiger partial charge < -0.3 is 20.3 Å². The lowest BCUT2D eigenvalue weighted by molar-refractivity contribution is -0.131. The van der Waals surface area contributed by atoms with Crippen molar-refractivity contribution in [2.75, 3.05) is 6.54 Å². The molecule has 0 aromatic heterocycles. The molecule has 3 N–H and O–H groups in total. The first-order chi connectivity index (χ1) is 11.7. The Hall–Kier alpha value is -1.86. The van der Waals surface area contributed by atoms with Gasteiger partial charge in [0.15, 0.2) is 0 Å². The molecule has 6 nitrogen and oxygen atoms in total. The summed E-state index contributed by atoms with van der Waals surface area (Å²) in [5, 5.41) is 21.8. The second-order valence-corrected chi connectivity index (χ2v) is 7.39. The van der Waals surface area contributed by atoms with E-state index < -0.39 is 13.1 Å². The topological polar surface area (TPSA) is 89.9 Å². The number of rotatable bonds is 7. The van der Waals surface area contributed by atoms with Crippen LogP contribution in [0.2, 0.25) is 0 Å². The van der Waals surface area contributed by atoms with Gasteiger partial charge in [0.1, 0.15) is 0 Å². The van der Waals surface area contributed by atoms with Crippen molar-refractivity contribution in [1.29, 1.82) is 0 Å². The number of aryl methyl sites for hydroxylation is 1. The van der Waals surface area contributed by atoms with Crippen LogP contribution in [0.5, 0.6) is 0 Å². The van der Waals surface area contributed by atoms with E-state index >= 15 is 0 Å². The third-order valence-corrected chi connectivity index (χ3v) is 4.83. The fourth-order valence-corrected chi connectivity index (χ4v) is 3.15. The molecule has 0 saturated carbocycles. The molecule has 2 amide bonds. The highest BCUT2D eigenvalue weighted by Gasteiger charge is 2.37. The molecule has 1 fully saturated rings. The first kappa shape index (κ1) is 19.5. The van der Waals surface area contributed by atoms with Crippen molar-refractivity contribution in [3.05, 3.63) is 35.4 Å². The molecule has 1 aromatic carbocycles. The van der Waals surface area contributed by atoms with E-state index in [1.54, 1.807) is 4.90 Å². The SMILES string of the molecule is Cc1ccc(CC(NC(=O)CCN2C(=O)CCC2(C)C)B(O)O)cc1. The van der Waals surface area contributed by atoms with Crippen molar-refractivity contribution >= 4 is 18.9 Å². The monoisotopic (exact) mass is 346 g/mol. The standard InChI is InChI=1S/C18H27BN2O4/c1-13-4-6-14(7-5-13)12-15(19(24)25)20-16(22)9-11-21-17(23)8-10-18(21,2)3/h4-7,15,24-25H,8-12H2,1-3H3,(H,20,22). The summed E-state index contributed by atoms with van der Waals surface area (Å²) in [5.41, 5.74) is 1.81. The third kappa shape index (κ3) is 5.31. The van der Waals surface area contributed by atoms with Gasteiger partial charge in [-0.2, -0.15) is 0 Å². The molecule has 0 bridgehead atoms. The molecule has 2 rings (SSSR count). The van der Waals surface area contributed by atoms with Gasteiger partial charge in [0, 0.05) is 24.9 Å². The molecule has 0 spiro atoms. The fourth-order valence-electron chi connectivity index (χ4n) is 3.15. The van der Waals surface area contributed by atoms with Crippen LogP contribution in [-0.2, 0) is 16.0 Å². The van der Waals surface area contributed by atoms with E-state index in [2.05, 4.69) is 5.32 Å². The van der Waals surface area contributed by atoms with Gasteiger partial charge in [-0.3, -0.25) is 9.59 Å². The molecule has 1 aliphatic rings. The molecule has 0 radical (unpaired) electrons. The van der Waals surface area contributed by atoms with Gasteiger partial charge in [0.25, 0.3) is 0 Å². The predicted molar refractivity (Wildman–Crippen MR) is 96.6 cm³/mol. The van der Waals surface area contributed by atoms with Gasteiger partial charge in [-0.25, -0.2) is 0 Å². The average Bonchev–Trinajstić information content (AvgIpc) is 2.80. The first-order valence-electron chi connectivity index (χ1n) is 8.70. The van der Waals surface area contributed by atoms with Crippen LogP contribution in [0.15, 0.2) is 24.3 Å². The summed E-state index contributed by atoms with van der Waals surface area (Å²) < 4.78 is 0. The lowest BCUT2D eigenvalue weighted by Crippen LogP contribution is -2.49. The smallest absolute Gasteiger partial charge is 0.426 e. The summed E-state index contributed by atoms with van der Waals surface area (Å²) >= 11 is 0. The number of carbonyl (C=O) groups is 2. The number of benzene rings is 1. The van der Waals surface area contributed by atoms with Gasteiger partial charge in [0.2, 0.25) is 11.8 Å². The minimum atomic E-state index is -1.64. The zero-order valence-electron chi connectivity index (χ0n) is 15.2. The van der Waals surface area contributed by atoms with Crippen LogP contribution in [0.1, 0.15) is 44.2 Å². The van der Waals surface area contributed by atoms with E-state index in [1.807, 2.05) is 45.0 Å². The van der Waals surface area contributed by atoms with Crippen LogP contribution in [-0.4, -0.2) is 51.9 Å². The Morgan fingerprint density at radius 2 is 1.96 bits per heavy atom. The molecule has 1 atom stereocenters. The molecule has 25 heavy (non-hydrogen) atoms. The van der Waals surface area contributed by atoms with E-state index in [1.165, 1.54) is 0 Å². The number of likely N-dealkylation sites (tertiary alicyclic amines) is 1. The van der Waals surface area contributed by atoms with Crippen molar-refractivity contribution in [1.82, 2.24) is 10.2 Å². The molecule has 1 aliphatic heterocycles. The van der Waals surface area contributed by atoms with Crippen molar-refractivity contribution in [3.63, 3.8) is 0 Å². The lowest BCUT2D eigenvalue weighted by atomic mass is 9.76. The maximum Gasteiger partial charge on any atom is 0.475 e. The van der Waals surface area contributed by atoms with Crippen LogP contribution in [0.4, 0.5) is 0 Å². The highest BCUT2D eigenvalue weighted by Crippen LogP contribution is 2.29. The van der Waals surface area contributed by atoms with Gasteiger partial charge in [-0.05, 0) is 39.2 Å². The summed E-state index contributed by atoms with van der Waals surface area (Å²) in [6.07, 6.45) is 1.78. The quantitative estimate of drug-likeness (QED) is 0.638. The van der Waals surface area contributed by atoms with Gasteiger partial charge in [-0.15, -0.1) is 0 Å². The van der Waals surface area contributed by atoms with Crippen molar-refractivity contribution in [3.8, 4) is 0 Å². The summed E-state index contributed by atoms with van der Waals surface area (Å²) in [4.78, 5) is 25.9. The highest BCUT2D eigenvalue weighted by molar-refractivity contribution is 6.43. The second kappa shape index (κ2) is 8.02. The number of nitrogens with zero attached hydrogens (tertiary/aromatic N) is 1. The van der Waals surface area contributed by atoms with Crippen LogP contribution in [0.3, 0.4) is 0 Å². The van der Waals surface area contributed by atoms with Crippen molar-refractivity contribution in [2.45, 2.75) is 57.9 Å². The van der Waals surface area contributed by atoms with Gasteiger partial charge in [-0.1, -0.05) is 29.8 Å². The molecule has 1 saturated heterocycles. The summed E-state index contributed by atoms with van der Waals surface area (Å²) in [5.74, 6) is -1.01. The first-order valence-corrected chi connectivity index (χ1v) is 8.70. The average molecular weight is 346 g/mol.